The Morgan fingerprint density at radius 2 is 0.663 bits per heavy atom. The molecule has 1 heterocycles. The van der Waals surface area contributed by atoms with Crippen LogP contribution in [0.2, 0.25) is 0 Å². The zero-order chi connectivity index (χ0) is 54.6. The fourth-order valence-electron chi connectivity index (χ4n) is 14.4. The third kappa shape index (κ3) is 7.10. The van der Waals surface area contributed by atoms with Gasteiger partial charge in [-0.1, -0.05) is 249 Å². The van der Waals surface area contributed by atoms with Gasteiger partial charge in [-0.3, -0.25) is 0 Å². The fraction of sp³-hybridized carbons (Fsp3) is 0.0123. The average molecular weight is 1050 g/mol. The largest absolute Gasteiger partial charge is 0.310 e. The summed E-state index contributed by atoms with van der Waals surface area (Å²) in [6.45, 7) is 0. The molecule has 2 nitrogen and oxygen atoms in total. The number of anilines is 3. The maximum absolute atomic E-state index is 2.50. The highest BCUT2D eigenvalue weighted by Gasteiger charge is 2.46. The summed E-state index contributed by atoms with van der Waals surface area (Å²) in [7, 11) is 0. The van der Waals surface area contributed by atoms with Crippen molar-refractivity contribution in [2.75, 3.05) is 4.90 Å². The Hall–Kier alpha value is -10.8. The summed E-state index contributed by atoms with van der Waals surface area (Å²) in [4.78, 5) is 2.50. The second-order valence-electron chi connectivity index (χ2n) is 22.3. The van der Waals surface area contributed by atoms with Gasteiger partial charge >= 0.3 is 0 Å². The van der Waals surface area contributed by atoms with E-state index in [9.17, 15) is 0 Å². The van der Waals surface area contributed by atoms with Gasteiger partial charge in [0.15, 0.2) is 0 Å². The van der Waals surface area contributed by atoms with Gasteiger partial charge in [-0.15, -0.1) is 0 Å². The van der Waals surface area contributed by atoms with Crippen LogP contribution in [0.1, 0.15) is 44.5 Å². The van der Waals surface area contributed by atoms with Crippen LogP contribution in [-0.2, 0) is 5.41 Å². The minimum atomic E-state index is -0.562. The van der Waals surface area contributed by atoms with Crippen LogP contribution >= 0.6 is 0 Å². The van der Waals surface area contributed by atoms with E-state index < -0.39 is 5.41 Å². The van der Waals surface area contributed by atoms with Gasteiger partial charge < -0.3 is 9.47 Å². The molecular weight excluding hydrogens is 1000 g/mol. The molecule has 0 fully saturated rings. The number of benzene rings is 13. The normalized spacial score (nSPS) is 13.1. The van der Waals surface area contributed by atoms with Crippen molar-refractivity contribution < 1.29 is 0 Å². The Bertz CT molecular complexity index is 4840. The van der Waals surface area contributed by atoms with Gasteiger partial charge in [-0.25, -0.2) is 0 Å². The van der Waals surface area contributed by atoms with Crippen molar-refractivity contribution in [3.8, 4) is 61.3 Å². The lowest BCUT2D eigenvalue weighted by Gasteiger charge is -2.35. The molecule has 83 heavy (non-hydrogen) atoms. The molecule has 0 bridgehead atoms. The van der Waals surface area contributed by atoms with Crippen molar-refractivity contribution in [2.45, 2.75) is 5.41 Å². The maximum Gasteiger partial charge on any atom is 0.0714 e. The lowest BCUT2D eigenvalue weighted by molar-refractivity contribution is 0.768. The first-order valence-corrected chi connectivity index (χ1v) is 28.8. The molecule has 0 unspecified atom stereocenters. The summed E-state index contributed by atoms with van der Waals surface area (Å²) in [5, 5.41) is 2.46. The second-order valence-corrected chi connectivity index (χ2v) is 22.3. The summed E-state index contributed by atoms with van der Waals surface area (Å²) in [5.41, 5.74) is 31.3. The quantitative estimate of drug-likeness (QED) is 0.147. The van der Waals surface area contributed by atoms with Gasteiger partial charge in [0, 0.05) is 33.5 Å². The van der Waals surface area contributed by atoms with Gasteiger partial charge in [0.1, 0.15) is 0 Å². The Kier molecular flexibility index (Phi) is 10.6. The van der Waals surface area contributed by atoms with Gasteiger partial charge in [0.05, 0.1) is 16.4 Å². The first-order chi connectivity index (χ1) is 41.2. The van der Waals surface area contributed by atoms with E-state index in [4.69, 9.17) is 0 Å². The van der Waals surface area contributed by atoms with E-state index in [0.717, 1.165) is 28.3 Å². The molecule has 0 radical (unpaired) electrons. The van der Waals surface area contributed by atoms with E-state index in [0.29, 0.717) is 0 Å². The third-order valence-electron chi connectivity index (χ3n) is 18.0. The summed E-state index contributed by atoms with van der Waals surface area (Å²) < 4.78 is 2.41. The summed E-state index contributed by atoms with van der Waals surface area (Å²) >= 11 is 0. The third-order valence-corrected chi connectivity index (χ3v) is 18.0. The number of aromatic nitrogens is 1. The number of fused-ring (bicyclic) bond motifs is 12. The highest BCUT2D eigenvalue weighted by atomic mass is 15.1. The molecule has 0 amide bonds. The van der Waals surface area contributed by atoms with Crippen molar-refractivity contribution in [1.82, 2.24) is 4.57 Å². The molecular formula is C81H52N2. The topological polar surface area (TPSA) is 8.17 Å². The molecule has 0 saturated carbocycles. The number of rotatable bonds is 8. The highest BCUT2D eigenvalue weighted by molar-refractivity contribution is 6.19. The minimum absolute atomic E-state index is 0.562. The van der Waals surface area contributed by atoms with Gasteiger partial charge in [0.2, 0.25) is 0 Å². The predicted octanol–water partition coefficient (Wildman–Crippen LogP) is 20.9. The second kappa shape index (κ2) is 18.6. The molecule has 3 aliphatic rings. The maximum atomic E-state index is 2.50. The van der Waals surface area contributed by atoms with Gasteiger partial charge in [-0.05, 0) is 178 Å². The molecule has 386 valence electrons. The Morgan fingerprint density at radius 3 is 1.30 bits per heavy atom. The molecule has 0 aliphatic heterocycles. The molecule has 14 aromatic rings. The average Bonchev–Trinajstić information content (AvgIpc) is 4.47. The Balaban J connectivity index is 0.849. The van der Waals surface area contributed by atoms with Crippen molar-refractivity contribution in [3.63, 3.8) is 0 Å². The molecule has 17 rings (SSSR count). The first-order valence-electron chi connectivity index (χ1n) is 28.8. The molecule has 0 atom stereocenters. The number of para-hydroxylation sites is 1. The molecule has 13 aromatic carbocycles. The van der Waals surface area contributed by atoms with Crippen LogP contribution in [-0.4, -0.2) is 4.57 Å². The van der Waals surface area contributed by atoms with E-state index in [2.05, 4.69) is 325 Å². The zero-order valence-corrected chi connectivity index (χ0v) is 45.4. The minimum Gasteiger partial charge on any atom is -0.310 e. The number of nitrogens with zero attached hydrogens (tertiary/aromatic N) is 2. The van der Waals surface area contributed by atoms with Crippen LogP contribution in [0.25, 0.3) is 94.3 Å². The molecule has 0 saturated heterocycles. The highest BCUT2D eigenvalue weighted by Crippen LogP contribution is 2.59. The molecule has 3 aliphatic carbocycles. The SMILES string of the molecule is c1ccc(-c2ccc(-n3c4ccccc4c4cc(-c5ccc(N(c6ccc7c(c6)C(=C6c8ccccc8-c8ccccc86)c6ccccc6-7)c6ccc7c(c6)C(c6ccccc6)(c6ccccc6)c6ccccc6-7)cc5)ccc43)cc2)cc1. The molecule has 0 spiro atoms. The van der Waals surface area contributed by atoms with E-state index in [1.807, 2.05) is 0 Å². The molecule has 0 N–H and O–H groups in total. The van der Waals surface area contributed by atoms with E-state index in [1.165, 1.54) is 128 Å². The smallest absolute Gasteiger partial charge is 0.0714 e. The van der Waals surface area contributed by atoms with Crippen LogP contribution in [0.4, 0.5) is 17.1 Å². The summed E-state index contributed by atoms with van der Waals surface area (Å²) in [6.07, 6.45) is 0. The van der Waals surface area contributed by atoms with Crippen LogP contribution in [0, 0.1) is 0 Å². The fourth-order valence-corrected chi connectivity index (χ4v) is 14.4. The number of hydrogen-bond donors (Lipinski definition) is 0. The van der Waals surface area contributed by atoms with Crippen LogP contribution in [0.15, 0.2) is 315 Å². The summed E-state index contributed by atoms with van der Waals surface area (Å²) in [5.74, 6) is 0. The first kappa shape index (κ1) is 47.1. The molecule has 1 aromatic heterocycles. The van der Waals surface area contributed by atoms with E-state index in [-0.39, 0.29) is 0 Å². The van der Waals surface area contributed by atoms with Crippen LogP contribution in [0.3, 0.4) is 0 Å². The Morgan fingerprint density at radius 1 is 0.241 bits per heavy atom. The lowest BCUT2D eigenvalue weighted by atomic mass is 9.67. The van der Waals surface area contributed by atoms with Crippen molar-refractivity contribution >= 4 is 50.0 Å². The molecule has 2 heteroatoms. The summed E-state index contributed by atoms with van der Waals surface area (Å²) in [6, 6.07) is 117. The van der Waals surface area contributed by atoms with Crippen molar-refractivity contribution in [3.05, 3.63) is 360 Å². The Labute approximate surface area is 483 Å². The van der Waals surface area contributed by atoms with Crippen molar-refractivity contribution in [1.29, 1.82) is 0 Å². The van der Waals surface area contributed by atoms with E-state index in [1.54, 1.807) is 0 Å². The standard InChI is InChI=1S/C81H52N2/c1-4-20-53(21-5-1)54-36-43-60(44-37-54)83-77-35-19-17-30-69(77)73-50-56(40-49-78(73)83)55-38-41-59(42-39-55)82(62-46-48-68-67-29-16-18-34-75(67)81(76(68)52-62,57-22-6-2-7-23-57)58-24-8-3-9-25-58)61-45-47-66-65-28-12-15-33-72(65)80(74(66)51-61)79-70-31-13-10-26-63(70)64-27-11-14-32-71(64)79/h1-52H. The van der Waals surface area contributed by atoms with Gasteiger partial charge in [0.25, 0.3) is 0 Å². The van der Waals surface area contributed by atoms with E-state index >= 15 is 0 Å². The predicted molar refractivity (Wildman–Crippen MR) is 346 cm³/mol. The van der Waals surface area contributed by atoms with Crippen LogP contribution in [0.5, 0.6) is 0 Å². The monoisotopic (exact) mass is 1050 g/mol. The number of hydrogen-bond acceptors (Lipinski definition) is 1. The van der Waals surface area contributed by atoms with Crippen molar-refractivity contribution in [2.24, 2.45) is 0 Å². The zero-order valence-electron chi connectivity index (χ0n) is 45.4. The van der Waals surface area contributed by atoms with Gasteiger partial charge in [-0.2, -0.15) is 0 Å². The van der Waals surface area contributed by atoms with Crippen LogP contribution < -0.4 is 4.90 Å². The lowest BCUT2D eigenvalue weighted by Crippen LogP contribution is -2.28.